The number of halogens is 1. The van der Waals surface area contributed by atoms with Crippen molar-refractivity contribution in [2.24, 2.45) is 0 Å². The lowest BCUT2D eigenvalue weighted by atomic mass is 10.0. The van der Waals surface area contributed by atoms with Crippen molar-refractivity contribution in [1.82, 2.24) is 9.78 Å². The number of hydrogen-bond donors (Lipinski definition) is 1. The number of aryl methyl sites for hydroxylation is 2. The number of benzene rings is 2. The Labute approximate surface area is 157 Å². The monoisotopic (exact) mass is 363 g/mol. The third-order valence-corrected chi connectivity index (χ3v) is 4.96. The number of rotatable bonds is 3. The second-order valence-corrected chi connectivity index (χ2v) is 6.85. The average molecular weight is 364 g/mol. The molecule has 0 aliphatic carbocycles. The van der Waals surface area contributed by atoms with Crippen LogP contribution in [0.15, 0.2) is 48.5 Å². The van der Waals surface area contributed by atoms with Gasteiger partial charge in [-0.05, 0) is 31.6 Å². The Morgan fingerprint density at radius 3 is 2.62 bits per heavy atom. The standard InChI is InChI=1S/C21H18ClN3O/c1-13-7-9-15(10-8-13)12-25-20(22)17(14(2)24-25)11-18-16-5-3-4-6-19(16)23-21(18)26/h3-11H,12H2,1-2H3,(H,23,26)/b18-11-. The van der Waals surface area contributed by atoms with Crippen molar-refractivity contribution >= 4 is 34.8 Å². The second-order valence-electron chi connectivity index (χ2n) is 6.49. The minimum Gasteiger partial charge on any atom is -0.321 e. The van der Waals surface area contributed by atoms with Gasteiger partial charge in [0.05, 0.1) is 12.2 Å². The van der Waals surface area contributed by atoms with Gasteiger partial charge in [-0.25, -0.2) is 4.68 Å². The van der Waals surface area contributed by atoms with Crippen molar-refractivity contribution in [2.45, 2.75) is 20.4 Å². The molecule has 1 N–H and O–H groups in total. The van der Waals surface area contributed by atoms with Crippen LogP contribution in [0.4, 0.5) is 5.69 Å². The van der Waals surface area contributed by atoms with E-state index < -0.39 is 0 Å². The van der Waals surface area contributed by atoms with E-state index in [2.05, 4.69) is 41.6 Å². The summed E-state index contributed by atoms with van der Waals surface area (Å²) < 4.78 is 1.77. The van der Waals surface area contributed by atoms with Gasteiger partial charge >= 0.3 is 0 Å². The Balaban J connectivity index is 1.71. The van der Waals surface area contributed by atoms with E-state index in [0.717, 1.165) is 28.1 Å². The molecule has 0 atom stereocenters. The largest absolute Gasteiger partial charge is 0.321 e. The van der Waals surface area contributed by atoms with Crippen molar-refractivity contribution < 1.29 is 4.79 Å². The number of carbonyl (C=O) groups is 1. The smallest absolute Gasteiger partial charge is 0.256 e. The summed E-state index contributed by atoms with van der Waals surface area (Å²) in [6.45, 7) is 4.55. The number of para-hydroxylation sites is 1. The van der Waals surface area contributed by atoms with Crippen LogP contribution in [0.3, 0.4) is 0 Å². The summed E-state index contributed by atoms with van der Waals surface area (Å²) in [6, 6.07) is 15.9. The van der Waals surface area contributed by atoms with E-state index in [-0.39, 0.29) is 5.91 Å². The van der Waals surface area contributed by atoms with Gasteiger partial charge in [0.2, 0.25) is 0 Å². The molecular formula is C21H18ClN3O. The average Bonchev–Trinajstić information content (AvgIpc) is 3.08. The highest BCUT2D eigenvalue weighted by Gasteiger charge is 2.24. The molecule has 2 aromatic carbocycles. The van der Waals surface area contributed by atoms with E-state index in [1.165, 1.54) is 5.56 Å². The van der Waals surface area contributed by atoms with Crippen LogP contribution in [0.25, 0.3) is 11.6 Å². The predicted octanol–water partition coefficient (Wildman–Crippen LogP) is 4.69. The van der Waals surface area contributed by atoms with E-state index in [1.54, 1.807) is 4.68 Å². The number of hydrogen-bond acceptors (Lipinski definition) is 2. The van der Waals surface area contributed by atoms with Crippen LogP contribution in [-0.2, 0) is 11.3 Å². The van der Waals surface area contributed by atoms with E-state index in [9.17, 15) is 4.79 Å². The quantitative estimate of drug-likeness (QED) is 0.686. The SMILES string of the molecule is Cc1ccc(Cn2nc(C)c(/C=C3\C(=O)Nc4ccccc43)c2Cl)cc1. The third-order valence-electron chi connectivity index (χ3n) is 4.56. The zero-order chi connectivity index (χ0) is 18.3. The summed E-state index contributed by atoms with van der Waals surface area (Å²) in [5, 5.41) is 7.98. The van der Waals surface area contributed by atoms with Crippen molar-refractivity contribution in [3.63, 3.8) is 0 Å². The topological polar surface area (TPSA) is 46.9 Å². The van der Waals surface area contributed by atoms with E-state index >= 15 is 0 Å². The van der Waals surface area contributed by atoms with Crippen LogP contribution in [-0.4, -0.2) is 15.7 Å². The number of nitrogens with one attached hydrogen (secondary N) is 1. The zero-order valence-corrected chi connectivity index (χ0v) is 15.3. The molecule has 26 heavy (non-hydrogen) atoms. The first-order valence-corrected chi connectivity index (χ1v) is 8.81. The third kappa shape index (κ3) is 2.93. The van der Waals surface area contributed by atoms with E-state index in [1.807, 2.05) is 37.3 Å². The van der Waals surface area contributed by atoms with Crippen LogP contribution in [0.5, 0.6) is 0 Å². The number of anilines is 1. The van der Waals surface area contributed by atoms with Gasteiger partial charge < -0.3 is 5.32 Å². The van der Waals surface area contributed by atoms with E-state index in [4.69, 9.17) is 11.6 Å². The molecule has 3 aromatic rings. The maximum atomic E-state index is 12.3. The Morgan fingerprint density at radius 2 is 1.85 bits per heavy atom. The predicted molar refractivity (Wildman–Crippen MR) is 105 cm³/mol. The fraction of sp³-hybridized carbons (Fsp3) is 0.143. The van der Waals surface area contributed by atoms with Gasteiger partial charge in [0, 0.05) is 22.4 Å². The molecule has 4 rings (SSSR count). The molecule has 0 saturated carbocycles. The molecule has 0 fully saturated rings. The summed E-state index contributed by atoms with van der Waals surface area (Å²) in [6.07, 6.45) is 1.83. The van der Waals surface area contributed by atoms with Gasteiger partial charge in [-0.3, -0.25) is 4.79 Å². The molecule has 4 nitrogen and oxygen atoms in total. The fourth-order valence-corrected chi connectivity index (χ4v) is 3.42. The van der Waals surface area contributed by atoms with Crippen LogP contribution in [0.2, 0.25) is 5.15 Å². The van der Waals surface area contributed by atoms with Crippen molar-refractivity contribution in [1.29, 1.82) is 0 Å². The minimum absolute atomic E-state index is 0.118. The lowest BCUT2D eigenvalue weighted by molar-refractivity contribution is -0.110. The Bertz CT molecular complexity index is 1030. The van der Waals surface area contributed by atoms with E-state index in [0.29, 0.717) is 17.3 Å². The summed E-state index contributed by atoms with van der Waals surface area (Å²) >= 11 is 6.59. The zero-order valence-electron chi connectivity index (χ0n) is 14.6. The Hall–Kier alpha value is -2.85. The molecule has 5 heteroatoms. The molecule has 0 radical (unpaired) electrons. The first-order valence-electron chi connectivity index (χ1n) is 8.44. The molecule has 0 unspecified atom stereocenters. The van der Waals surface area contributed by atoms with Crippen molar-refractivity contribution in [2.75, 3.05) is 5.32 Å². The lowest BCUT2D eigenvalue weighted by Gasteiger charge is -2.04. The first-order chi connectivity index (χ1) is 12.5. The van der Waals surface area contributed by atoms with Crippen LogP contribution < -0.4 is 5.32 Å². The molecule has 2 heterocycles. The highest BCUT2D eigenvalue weighted by Crippen LogP contribution is 2.34. The van der Waals surface area contributed by atoms with Gasteiger partial charge in [-0.2, -0.15) is 5.10 Å². The summed E-state index contributed by atoms with van der Waals surface area (Å²) in [7, 11) is 0. The molecule has 0 bridgehead atoms. The number of amides is 1. The Kier molecular flexibility index (Phi) is 4.13. The summed E-state index contributed by atoms with van der Waals surface area (Å²) in [5.74, 6) is -0.118. The molecule has 0 saturated heterocycles. The normalized spacial score (nSPS) is 14.6. The molecule has 1 aliphatic rings. The van der Waals surface area contributed by atoms with Crippen molar-refractivity contribution in [3.8, 4) is 0 Å². The number of aromatic nitrogens is 2. The molecule has 1 aliphatic heterocycles. The lowest BCUT2D eigenvalue weighted by Crippen LogP contribution is -2.03. The highest BCUT2D eigenvalue weighted by molar-refractivity contribution is 6.36. The molecule has 0 spiro atoms. The molecule has 130 valence electrons. The second kappa shape index (κ2) is 6.46. The minimum atomic E-state index is -0.118. The summed E-state index contributed by atoms with van der Waals surface area (Å²) in [5.41, 5.74) is 6.24. The molecule has 1 amide bonds. The summed E-state index contributed by atoms with van der Waals surface area (Å²) in [4.78, 5) is 12.3. The maximum Gasteiger partial charge on any atom is 0.256 e. The van der Waals surface area contributed by atoms with Gasteiger partial charge in [0.1, 0.15) is 5.15 Å². The highest BCUT2D eigenvalue weighted by atomic mass is 35.5. The van der Waals surface area contributed by atoms with Gasteiger partial charge in [0.25, 0.3) is 5.91 Å². The number of nitrogens with zero attached hydrogens (tertiary/aromatic N) is 2. The van der Waals surface area contributed by atoms with Gasteiger partial charge in [-0.1, -0.05) is 59.6 Å². The number of carbonyl (C=O) groups excluding carboxylic acids is 1. The molecular weight excluding hydrogens is 346 g/mol. The Morgan fingerprint density at radius 1 is 1.12 bits per heavy atom. The fourth-order valence-electron chi connectivity index (χ4n) is 3.13. The molecule has 1 aromatic heterocycles. The maximum absolute atomic E-state index is 12.3. The van der Waals surface area contributed by atoms with Crippen LogP contribution >= 0.6 is 11.6 Å². The number of fused-ring (bicyclic) bond motifs is 1. The van der Waals surface area contributed by atoms with Crippen LogP contribution in [0.1, 0.15) is 27.9 Å². The first kappa shape index (κ1) is 16.6. The van der Waals surface area contributed by atoms with Gasteiger partial charge in [-0.15, -0.1) is 0 Å². The van der Waals surface area contributed by atoms with Gasteiger partial charge in [0.15, 0.2) is 0 Å². The van der Waals surface area contributed by atoms with Crippen molar-refractivity contribution in [3.05, 3.63) is 81.6 Å². The van der Waals surface area contributed by atoms with Crippen LogP contribution in [0, 0.1) is 13.8 Å².